The normalized spacial score (nSPS) is 10.9. The van der Waals surface area contributed by atoms with E-state index in [-0.39, 0.29) is 6.61 Å². The van der Waals surface area contributed by atoms with E-state index in [0.717, 1.165) is 5.57 Å². The van der Waals surface area contributed by atoms with Crippen molar-refractivity contribution < 1.29 is 9.53 Å². The Morgan fingerprint density at radius 3 is 2.36 bits per heavy atom. The molecule has 0 amide bonds. The van der Waals surface area contributed by atoms with Crippen molar-refractivity contribution >= 4 is 5.97 Å². The van der Waals surface area contributed by atoms with Crippen molar-refractivity contribution in [2.24, 2.45) is 5.73 Å². The molecule has 0 fully saturated rings. The summed E-state index contributed by atoms with van der Waals surface area (Å²) >= 11 is 0. The van der Waals surface area contributed by atoms with E-state index in [4.69, 9.17) is 10.5 Å². The highest BCUT2D eigenvalue weighted by molar-refractivity contribution is 5.79. The van der Waals surface area contributed by atoms with Gasteiger partial charge in [0.25, 0.3) is 0 Å². The molecule has 0 unspecified atom stereocenters. The molecule has 2 N–H and O–H groups in total. The van der Waals surface area contributed by atoms with Crippen LogP contribution in [0.3, 0.4) is 0 Å². The summed E-state index contributed by atoms with van der Waals surface area (Å²) in [6.07, 6.45) is 0. The first kappa shape index (κ1) is 10.2. The Labute approximate surface area is 67.2 Å². The molecule has 0 aliphatic carbocycles. The van der Waals surface area contributed by atoms with Gasteiger partial charge in [0.05, 0.1) is 0 Å². The van der Waals surface area contributed by atoms with Gasteiger partial charge in [0.15, 0.2) is 0 Å². The van der Waals surface area contributed by atoms with Crippen LogP contribution in [0.25, 0.3) is 0 Å². The molecule has 0 radical (unpaired) electrons. The molecule has 0 saturated heterocycles. The van der Waals surface area contributed by atoms with Crippen LogP contribution in [-0.4, -0.2) is 18.1 Å². The zero-order valence-corrected chi connectivity index (χ0v) is 7.31. The van der Waals surface area contributed by atoms with Gasteiger partial charge in [-0.15, -0.1) is 0 Å². The van der Waals surface area contributed by atoms with Gasteiger partial charge in [-0.2, -0.15) is 0 Å². The lowest BCUT2D eigenvalue weighted by Gasteiger charge is -2.16. The highest BCUT2D eigenvalue weighted by atomic mass is 16.5. The van der Waals surface area contributed by atoms with Gasteiger partial charge in [-0.3, -0.25) is 4.79 Å². The minimum atomic E-state index is -0.907. The third kappa shape index (κ3) is 4.56. The van der Waals surface area contributed by atoms with Crippen LogP contribution in [0.2, 0.25) is 0 Å². The average Bonchev–Trinajstić information content (AvgIpc) is 1.80. The summed E-state index contributed by atoms with van der Waals surface area (Å²) in [6, 6.07) is 0. The van der Waals surface area contributed by atoms with E-state index >= 15 is 0 Å². The largest absolute Gasteiger partial charge is 0.460 e. The predicted octanol–water partition coefficient (Wildman–Crippen LogP) is 0.843. The summed E-state index contributed by atoms with van der Waals surface area (Å²) < 4.78 is 4.80. The molecule has 0 heterocycles. The van der Waals surface area contributed by atoms with Gasteiger partial charge in [-0.25, -0.2) is 0 Å². The molecule has 0 aliphatic heterocycles. The minimum Gasteiger partial charge on any atom is -0.460 e. The maximum atomic E-state index is 11.0. The zero-order chi connectivity index (χ0) is 9.07. The Hall–Kier alpha value is -0.830. The highest BCUT2D eigenvalue weighted by Gasteiger charge is 2.23. The molecule has 3 nitrogen and oxygen atoms in total. The molecule has 0 spiro atoms. The third-order valence-electron chi connectivity index (χ3n) is 0.976. The summed E-state index contributed by atoms with van der Waals surface area (Å²) in [4.78, 5) is 11.0. The van der Waals surface area contributed by atoms with Crippen LogP contribution >= 0.6 is 0 Å². The van der Waals surface area contributed by atoms with Crippen LogP contribution < -0.4 is 5.73 Å². The topological polar surface area (TPSA) is 52.3 Å². The number of carbonyl (C=O) groups is 1. The molecule has 3 heteroatoms. The summed E-state index contributed by atoms with van der Waals surface area (Å²) in [5.74, 6) is -0.402. The van der Waals surface area contributed by atoms with E-state index in [1.54, 1.807) is 20.8 Å². The number of hydrogen-bond donors (Lipinski definition) is 1. The second-order valence-corrected chi connectivity index (χ2v) is 3.25. The first-order valence-corrected chi connectivity index (χ1v) is 3.44. The first-order valence-electron chi connectivity index (χ1n) is 3.44. The quantitative estimate of drug-likeness (QED) is 0.488. The first-order chi connectivity index (χ1) is 4.84. The lowest BCUT2D eigenvalue weighted by molar-refractivity contribution is -0.147. The Morgan fingerprint density at radius 1 is 1.64 bits per heavy atom. The SMILES string of the molecule is C=C(C)COC(=O)C(C)(C)N. The molecule has 11 heavy (non-hydrogen) atoms. The molecule has 0 rings (SSSR count). The fraction of sp³-hybridized carbons (Fsp3) is 0.625. The number of hydrogen-bond acceptors (Lipinski definition) is 3. The second kappa shape index (κ2) is 3.53. The van der Waals surface area contributed by atoms with Crippen molar-refractivity contribution in [1.82, 2.24) is 0 Å². The van der Waals surface area contributed by atoms with Gasteiger partial charge in [0.1, 0.15) is 12.1 Å². The minimum absolute atomic E-state index is 0.249. The molecule has 0 aromatic heterocycles. The van der Waals surface area contributed by atoms with E-state index in [1.165, 1.54) is 0 Å². The van der Waals surface area contributed by atoms with Crippen LogP contribution in [0, 0.1) is 0 Å². The third-order valence-corrected chi connectivity index (χ3v) is 0.976. The van der Waals surface area contributed by atoms with Gasteiger partial charge >= 0.3 is 5.97 Å². The van der Waals surface area contributed by atoms with Crippen molar-refractivity contribution in [3.8, 4) is 0 Å². The van der Waals surface area contributed by atoms with Crippen molar-refractivity contribution in [2.75, 3.05) is 6.61 Å². The van der Waals surface area contributed by atoms with Crippen LogP contribution in [-0.2, 0) is 9.53 Å². The zero-order valence-electron chi connectivity index (χ0n) is 7.31. The molecular formula is C8H15NO2. The van der Waals surface area contributed by atoms with Crippen LogP contribution in [0.5, 0.6) is 0 Å². The number of rotatable bonds is 3. The Morgan fingerprint density at radius 2 is 2.09 bits per heavy atom. The molecule has 0 bridgehead atoms. The average molecular weight is 157 g/mol. The standard InChI is InChI=1S/C8H15NO2/c1-6(2)5-11-7(10)8(3,4)9/h1,5,9H2,2-4H3. The Kier molecular flexibility index (Phi) is 3.26. The Balaban J connectivity index is 3.80. The molecule has 64 valence electrons. The highest BCUT2D eigenvalue weighted by Crippen LogP contribution is 2.01. The van der Waals surface area contributed by atoms with Gasteiger partial charge in [0, 0.05) is 0 Å². The second-order valence-electron chi connectivity index (χ2n) is 3.25. The van der Waals surface area contributed by atoms with Crippen molar-refractivity contribution in [2.45, 2.75) is 26.3 Å². The van der Waals surface area contributed by atoms with E-state index in [2.05, 4.69) is 6.58 Å². The molecule has 0 aromatic carbocycles. The van der Waals surface area contributed by atoms with Crippen LogP contribution in [0.15, 0.2) is 12.2 Å². The Bertz CT molecular complexity index is 167. The number of carbonyl (C=O) groups excluding carboxylic acids is 1. The summed E-state index contributed by atoms with van der Waals surface area (Å²) in [7, 11) is 0. The predicted molar refractivity (Wildman–Crippen MR) is 44.0 cm³/mol. The number of esters is 1. The maximum absolute atomic E-state index is 11.0. The molecule has 0 aromatic rings. The summed E-state index contributed by atoms with van der Waals surface area (Å²) in [6.45, 7) is 8.84. The van der Waals surface area contributed by atoms with Crippen molar-refractivity contribution in [1.29, 1.82) is 0 Å². The summed E-state index contributed by atoms with van der Waals surface area (Å²) in [5, 5.41) is 0. The lowest BCUT2D eigenvalue weighted by Crippen LogP contribution is -2.42. The van der Waals surface area contributed by atoms with Gasteiger partial charge in [0.2, 0.25) is 0 Å². The molecular weight excluding hydrogens is 142 g/mol. The smallest absolute Gasteiger partial charge is 0.325 e. The van der Waals surface area contributed by atoms with Crippen molar-refractivity contribution in [3.63, 3.8) is 0 Å². The fourth-order valence-corrected chi connectivity index (χ4v) is 0.375. The summed E-state index contributed by atoms with van der Waals surface area (Å²) in [5.41, 5.74) is 5.36. The molecule has 0 aliphatic rings. The monoisotopic (exact) mass is 157 g/mol. The maximum Gasteiger partial charge on any atom is 0.325 e. The van der Waals surface area contributed by atoms with Gasteiger partial charge < -0.3 is 10.5 Å². The van der Waals surface area contributed by atoms with Crippen molar-refractivity contribution in [3.05, 3.63) is 12.2 Å². The van der Waals surface area contributed by atoms with Gasteiger partial charge in [-0.05, 0) is 26.3 Å². The number of nitrogens with two attached hydrogens (primary N) is 1. The van der Waals surface area contributed by atoms with Gasteiger partial charge in [-0.1, -0.05) is 6.58 Å². The molecule has 0 saturated carbocycles. The van der Waals surface area contributed by atoms with E-state index in [9.17, 15) is 4.79 Å². The van der Waals surface area contributed by atoms with Crippen LogP contribution in [0.1, 0.15) is 20.8 Å². The van der Waals surface area contributed by atoms with Crippen LogP contribution in [0.4, 0.5) is 0 Å². The van der Waals surface area contributed by atoms with E-state index < -0.39 is 11.5 Å². The number of ether oxygens (including phenoxy) is 1. The lowest BCUT2D eigenvalue weighted by atomic mass is 10.1. The van der Waals surface area contributed by atoms with E-state index in [1.807, 2.05) is 0 Å². The van der Waals surface area contributed by atoms with E-state index in [0.29, 0.717) is 0 Å². The fourth-order valence-electron chi connectivity index (χ4n) is 0.375. The molecule has 0 atom stereocenters.